The second-order valence-electron chi connectivity index (χ2n) is 5.70. The third kappa shape index (κ3) is 2.30. The summed E-state index contributed by atoms with van der Waals surface area (Å²) in [5.41, 5.74) is 2.59. The molecule has 1 fully saturated rings. The van der Waals surface area contributed by atoms with Gasteiger partial charge in [-0.1, -0.05) is 11.3 Å². The molecule has 1 aliphatic rings. The number of hydrogen-bond donors (Lipinski definition) is 1. The maximum absolute atomic E-state index is 10.2. The van der Waals surface area contributed by atoms with Gasteiger partial charge in [-0.25, -0.2) is 4.68 Å². The predicted octanol–water partition coefficient (Wildman–Crippen LogP) is 1.71. The fourth-order valence-electron chi connectivity index (χ4n) is 2.80. The Morgan fingerprint density at radius 2 is 2.11 bits per heavy atom. The van der Waals surface area contributed by atoms with Crippen molar-refractivity contribution in [2.45, 2.75) is 31.8 Å². The summed E-state index contributed by atoms with van der Waals surface area (Å²) in [5.74, 6) is 0. The van der Waals surface area contributed by atoms with Gasteiger partial charge in [-0.2, -0.15) is 0 Å². The molecule has 0 saturated carbocycles. The summed E-state index contributed by atoms with van der Waals surface area (Å²) in [7, 11) is 1.91. The van der Waals surface area contributed by atoms with Crippen molar-refractivity contribution in [3.8, 4) is 0 Å². The van der Waals surface area contributed by atoms with Crippen molar-refractivity contribution in [3.05, 3.63) is 18.2 Å². The molecule has 1 N–H and O–H groups in total. The predicted molar refractivity (Wildman–Crippen MR) is 75.2 cm³/mol. The van der Waals surface area contributed by atoms with Gasteiger partial charge in [-0.15, -0.1) is 5.10 Å². The Balaban J connectivity index is 1.96. The quantitative estimate of drug-likeness (QED) is 0.848. The Labute approximate surface area is 112 Å². The van der Waals surface area contributed by atoms with Gasteiger partial charge in [0.15, 0.2) is 0 Å². The van der Waals surface area contributed by atoms with Crippen molar-refractivity contribution in [1.29, 1.82) is 0 Å². The number of aryl methyl sites for hydroxylation is 1. The zero-order valence-electron chi connectivity index (χ0n) is 11.5. The van der Waals surface area contributed by atoms with Crippen molar-refractivity contribution in [3.63, 3.8) is 0 Å². The summed E-state index contributed by atoms with van der Waals surface area (Å²) in [6.07, 6.45) is 2.66. The second-order valence-corrected chi connectivity index (χ2v) is 5.70. The van der Waals surface area contributed by atoms with Crippen LogP contribution >= 0.6 is 0 Å². The molecule has 2 heterocycles. The van der Waals surface area contributed by atoms with Crippen LogP contribution < -0.4 is 4.90 Å². The van der Waals surface area contributed by atoms with Crippen LogP contribution in [0, 0.1) is 0 Å². The van der Waals surface area contributed by atoms with Gasteiger partial charge in [0.2, 0.25) is 0 Å². The second kappa shape index (κ2) is 4.49. The first-order valence-electron chi connectivity index (χ1n) is 6.83. The van der Waals surface area contributed by atoms with Gasteiger partial charge in [-0.3, -0.25) is 0 Å². The van der Waals surface area contributed by atoms with E-state index < -0.39 is 5.60 Å². The Bertz CT molecular complexity index is 590. The van der Waals surface area contributed by atoms with E-state index in [2.05, 4.69) is 21.3 Å². The molecule has 1 aromatic heterocycles. The molecule has 1 aromatic carbocycles. The van der Waals surface area contributed by atoms with Crippen LogP contribution in [0.15, 0.2) is 18.2 Å². The SMILES string of the molecule is Cn1nnc2c(N3CCCC(C)(O)CC3)cccc21. The molecule has 0 bridgehead atoms. The number of aromatic nitrogens is 3. The maximum atomic E-state index is 10.2. The van der Waals surface area contributed by atoms with Gasteiger partial charge in [0.05, 0.1) is 16.8 Å². The zero-order chi connectivity index (χ0) is 13.5. The Hall–Kier alpha value is -1.62. The van der Waals surface area contributed by atoms with E-state index >= 15 is 0 Å². The van der Waals surface area contributed by atoms with Gasteiger partial charge < -0.3 is 10.0 Å². The first kappa shape index (κ1) is 12.4. The van der Waals surface area contributed by atoms with Crippen LogP contribution in [0.3, 0.4) is 0 Å². The lowest BCUT2D eigenvalue weighted by atomic mass is 9.98. The fraction of sp³-hybridized carbons (Fsp3) is 0.571. The van der Waals surface area contributed by atoms with E-state index in [1.807, 2.05) is 26.1 Å². The molecule has 1 unspecified atom stereocenters. The van der Waals surface area contributed by atoms with Crippen molar-refractivity contribution in [1.82, 2.24) is 15.0 Å². The van der Waals surface area contributed by atoms with E-state index in [9.17, 15) is 5.11 Å². The van der Waals surface area contributed by atoms with Gasteiger partial charge in [-0.05, 0) is 38.3 Å². The largest absolute Gasteiger partial charge is 0.390 e. The van der Waals surface area contributed by atoms with Crippen molar-refractivity contribution >= 4 is 16.7 Å². The van der Waals surface area contributed by atoms with Gasteiger partial charge in [0.25, 0.3) is 0 Å². The highest BCUT2D eigenvalue weighted by Crippen LogP contribution is 2.29. The molecule has 0 radical (unpaired) electrons. The molecule has 102 valence electrons. The molecule has 1 aliphatic heterocycles. The number of anilines is 1. The third-order valence-corrected chi connectivity index (χ3v) is 4.03. The molecule has 19 heavy (non-hydrogen) atoms. The van der Waals surface area contributed by atoms with E-state index in [4.69, 9.17) is 0 Å². The molecular weight excluding hydrogens is 240 g/mol. The van der Waals surface area contributed by atoms with Crippen LogP contribution in [0.1, 0.15) is 26.2 Å². The average molecular weight is 260 g/mol. The van der Waals surface area contributed by atoms with Gasteiger partial charge in [0, 0.05) is 20.1 Å². The summed E-state index contributed by atoms with van der Waals surface area (Å²) < 4.78 is 1.80. The highest BCUT2D eigenvalue weighted by molar-refractivity contribution is 5.88. The Morgan fingerprint density at radius 1 is 1.26 bits per heavy atom. The minimum absolute atomic E-state index is 0.537. The standard InChI is InChI=1S/C14H20N4O/c1-14(19)7-4-9-18(10-8-14)12-6-3-5-11-13(12)15-16-17(11)2/h3,5-6,19H,4,7-10H2,1-2H3. The summed E-state index contributed by atoms with van der Waals surface area (Å²) in [6, 6.07) is 6.17. The minimum atomic E-state index is -0.537. The third-order valence-electron chi connectivity index (χ3n) is 4.03. The summed E-state index contributed by atoms with van der Waals surface area (Å²) in [6.45, 7) is 3.76. The molecule has 5 heteroatoms. The number of fused-ring (bicyclic) bond motifs is 1. The number of aliphatic hydroxyl groups is 1. The van der Waals surface area contributed by atoms with E-state index in [1.54, 1.807) is 4.68 Å². The molecule has 0 aliphatic carbocycles. The van der Waals surface area contributed by atoms with Crippen LogP contribution in [0.2, 0.25) is 0 Å². The summed E-state index contributed by atoms with van der Waals surface area (Å²) in [5, 5.41) is 18.5. The fourth-order valence-corrected chi connectivity index (χ4v) is 2.80. The molecule has 3 rings (SSSR count). The van der Waals surface area contributed by atoms with E-state index in [-0.39, 0.29) is 0 Å². The Kier molecular flexibility index (Phi) is 2.93. The van der Waals surface area contributed by atoms with Crippen molar-refractivity contribution < 1.29 is 5.11 Å². The normalized spacial score (nSPS) is 24.7. The monoisotopic (exact) mass is 260 g/mol. The number of benzene rings is 1. The van der Waals surface area contributed by atoms with E-state index in [0.29, 0.717) is 0 Å². The number of hydrogen-bond acceptors (Lipinski definition) is 4. The minimum Gasteiger partial charge on any atom is -0.390 e. The average Bonchev–Trinajstić information content (AvgIpc) is 2.65. The molecule has 0 amide bonds. The lowest BCUT2D eigenvalue weighted by Crippen LogP contribution is -2.28. The first-order valence-corrected chi connectivity index (χ1v) is 6.83. The first-order chi connectivity index (χ1) is 9.07. The smallest absolute Gasteiger partial charge is 0.136 e. The molecule has 1 atom stereocenters. The molecule has 2 aromatic rings. The van der Waals surface area contributed by atoms with Crippen molar-refractivity contribution in [2.75, 3.05) is 18.0 Å². The van der Waals surface area contributed by atoms with E-state index in [1.165, 1.54) is 0 Å². The summed E-state index contributed by atoms with van der Waals surface area (Å²) in [4.78, 5) is 2.32. The molecule has 5 nitrogen and oxygen atoms in total. The van der Waals surface area contributed by atoms with Crippen LogP contribution in [-0.4, -0.2) is 38.8 Å². The Morgan fingerprint density at radius 3 is 2.95 bits per heavy atom. The lowest BCUT2D eigenvalue weighted by Gasteiger charge is -2.24. The van der Waals surface area contributed by atoms with Crippen LogP contribution in [0.5, 0.6) is 0 Å². The van der Waals surface area contributed by atoms with Gasteiger partial charge >= 0.3 is 0 Å². The van der Waals surface area contributed by atoms with Crippen molar-refractivity contribution in [2.24, 2.45) is 7.05 Å². The molecule has 1 saturated heterocycles. The lowest BCUT2D eigenvalue weighted by molar-refractivity contribution is 0.0481. The van der Waals surface area contributed by atoms with Gasteiger partial charge in [0.1, 0.15) is 5.52 Å². The topological polar surface area (TPSA) is 54.2 Å². The molecule has 0 spiro atoms. The van der Waals surface area contributed by atoms with E-state index in [0.717, 1.165) is 49.1 Å². The van der Waals surface area contributed by atoms with Crippen LogP contribution in [0.25, 0.3) is 11.0 Å². The summed E-state index contributed by atoms with van der Waals surface area (Å²) >= 11 is 0. The highest BCUT2D eigenvalue weighted by Gasteiger charge is 2.26. The molecular formula is C14H20N4O. The number of rotatable bonds is 1. The maximum Gasteiger partial charge on any atom is 0.136 e. The zero-order valence-corrected chi connectivity index (χ0v) is 11.5. The van der Waals surface area contributed by atoms with Crippen LogP contribution in [0.4, 0.5) is 5.69 Å². The highest BCUT2D eigenvalue weighted by atomic mass is 16.3. The number of nitrogens with zero attached hydrogens (tertiary/aromatic N) is 4. The van der Waals surface area contributed by atoms with Crippen LogP contribution in [-0.2, 0) is 7.05 Å².